The molecule has 0 aliphatic rings. The van der Waals surface area contributed by atoms with E-state index in [1.54, 1.807) is 0 Å². The minimum absolute atomic E-state index is 0.654. The highest BCUT2D eigenvalue weighted by molar-refractivity contribution is 4.92. The Balaban J connectivity index is 2.34. The van der Waals surface area contributed by atoms with Gasteiger partial charge in [-0.3, -0.25) is 0 Å². The van der Waals surface area contributed by atoms with E-state index in [0.717, 1.165) is 13.0 Å². The molecule has 16 heavy (non-hydrogen) atoms. The van der Waals surface area contributed by atoms with Crippen molar-refractivity contribution in [2.75, 3.05) is 6.54 Å². The van der Waals surface area contributed by atoms with E-state index in [1.165, 1.54) is 31.5 Å². The van der Waals surface area contributed by atoms with Crippen molar-refractivity contribution in [1.29, 1.82) is 0 Å². The van der Waals surface area contributed by atoms with E-state index in [4.69, 9.17) is 0 Å². The Morgan fingerprint density at radius 3 is 2.75 bits per heavy atom. The van der Waals surface area contributed by atoms with Gasteiger partial charge in [0.2, 0.25) is 0 Å². The van der Waals surface area contributed by atoms with E-state index < -0.39 is 0 Å². The molecule has 1 heterocycles. The van der Waals surface area contributed by atoms with Crippen LogP contribution in [0.1, 0.15) is 45.4 Å². The van der Waals surface area contributed by atoms with Crippen LogP contribution < -0.4 is 5.32 Å². The van der Waals surface area contributed by atoms with Crippen LogP contribution in [0.25, 0.3) is 0 Å². The Kier molecular flexibility index (Phi) is 6.16. The number of nitrogens with one attached hydrogen (secondary N) is 1. The van der Waals surface area contributed by atoms with Crippen LogP contribution in [0.5, 0.6) is 0 Å². The maximum Gasteiger partial charge on any atom is 0.108 e. The first kappa shape index (κ1) is 13.2. The van der Waals surface area contributed by atoms with E-state index in [-0.39, 0.29) is 0 Å². The summed E-state index contributed by atoms with van der Waals surface area (Å²) >= 11 is 0. The summed E-state index contributed by atoms with van der Waals surface area (Å²) < 4.78 is 2.11. The van der Waals surface area contributed by atoms with Crippen LogP contribution in [0.4, 0.5) is 0 Å². The van der Waals surface area contributed by atoms with Crippen molar-refractivity contribution in [3.8, 4) is 0 Å². The van der Waals surface area contributed by atoms with E-state index in [9.17, 15) is 0 Å². The van der Waals surface area contributed by atoms with Gasteiger partial charge in [0, 0.05) is 31.9 Å². The molecule has 0 radical (unpaired) electrons. The fourth-order valence-corrected chi connectivity index (χ4v) is 2.03. The van der Waals surface area contributed by atoms with Gasteiger partial charge in [-0.05, 0) is 19.4 Å². The molecule has 0 spiro atoms. The number of hydrogen-bond donors (Lipinski definition) is 1. The molecule has 0 bridgehead atoms. The SMILES string of the molecule is CCCCC(CCc1nccn1C)NCC. The standard InChI is InChI=1S/C13H25N3/c1-4-6-7-12(14-5-2)8-9-13-15-10-11-16(13)3/h10-12,14H,4-9H2,1-3H3. The number of imidazole rings is 1. The second kappa shape index (κ2) is 7.44. The zero-order valence-electron chi connectivity index (χ0n) is 10.9. The molecule has 1 aromatic rings. The molecule has 1 aromatic heterocycles. The van der Waals surface area contributed by atoms with Crippen molar-refractivity contribution >= 4 is 0 Å². The first-order valence-corrected chi connectivity index (χ1v) is 6.47. The van der Waals surface area contributed by atoms with Crippen molar-refractivity contribution in [1.82, 2.24) is 14.9 Å². The molecule has 0 aliphatic heterocycles. The van der Waals surface area contributed by atoms with Gasteiger partial charge in [-0.15, -0.1) is 0 Å². The summed E-state index contributed by atoms with van der Waals surface area (Å²) in [5, 5.41) is 3.56. The second-order valence-corrected chi connectivity index (χ2v) is 4.39. The van der Waals surface area contributed by atoms with Gasteiger partial charge in [0.05, 0.1) is 0 Å². The molecule has 0 saturated carbocycles. The van der Waals surface area contributed by atoms with Crippen molar-refractivity contribution in [2.24, 2.45) is 7.05 Å². The molecule has 0 aromatic carbocycles. The Labute approximate surface area is 99.3 Å². The third-order valence-electron chi connectivity index (χ3n) is 3.04. The summed E-state index contributed by atoms with van der Waals surface area (Å²) in [6.07, 6.45) is 10.0. The second-order valence-electron chi connectivity index (χ2n) is 4.39. The van der Waals surface area contributed by atoms with Crippen LogP contribution in [0, 0.1) is 0 Å². The van der Waals surface area contributed by atoms with Gasteiger partial charge in [-0.1, -0.05) is 26.7 Å². The van der Waals surface area contributed by atoms with Gasteiger partial charge in [0.25, 0.3) is 0 Å². The van der Waals surface area contributed by atoms with Gasteiger partial charge < -0.3 is 9.88 Å². The molecule has 0 saturated heterocycles. The highest BCUT2D eigenvalue weighted by Gasteiger charge is 2.08. The third-order valence-corrected chi connectivity index (χ3v) is 3.04. The van der Waals surface area contributed by atoms with Gasteiger partial charge in [-0.25, -0.2) is 4.98 Å². The van der Waals surface area contributed by atoms with Crippen molar-refractivity contribution < 1.29 is 0 Å². The molecule has 1 atom stereocenters. The molecule has 92 valence electrons. The van der Waals surface area contributed by atoms with Crippen LogP contribution in [-0.4, -0.2) is 22.1 Å². The maximum atomic E-state index is 4.36. The molecule has 3 nitrogen and oxygen atoms in total. The lowest BCUT2D eigenvalue weighted by atomic mass is 10.0. The Morgan fingerprint density at radius 1 is 1.38 bits per heavy atom. The highest BCUT2D eigenvalue weighted by atomic mass is 15.0. The van der Waals surface area contributed by atoms with Gasteiger partial charge >= 0.3 is 0 Å². The lowest BCUT2D eigenvalue weighted by Gasteiger charge is -2.17. The summed E-state index contributed by atoms with van der Waals surface area (Å²) in [6, 6.07) is 0.654. The van der Waals surface area contributed by atoms with Gasteiger partial charge in [-0.2, -0.15) is 0 Å². The van der Waals surface area contributed by atoms with E-state index in [0.29, 0.717) is 6.04 Å². The molecule has 0 amide bonds. The number of nitrogens with zero attached hydrogens (tertiary/aromatic N) is 2. The summed E-state index contributed by atoms with van der Waals surface area (Å²) in [5.74, 6) is 1.19. The van der Waals surface area contributed by atoms with Crippen molar-refractivity contribution in [3.63, 3.8) is 0 Å². The summed E-state index contributed by atoms with van der Waals surface area (Å²) in [4.78, 5) is 4.36. The summed E-state index contributed by atoms with van der Waals surface area (Å²) in [6.45, 7) is 5.50. The minimum atomic E-state index is 0.654. The Bertz CT molecular complexity index is 280. The van der Waals surface area contributed by atoms with E-state index in [2.05, 4.69) is 35.8 Å². The molecular weight excluding hydrogens is 198 g/mol. The smallest absolute Gasteiger partial charge is 0.108 e. The number of aryl methyl sites for hydroxylation is 2. The van der Waals surface area contributed by atoms with E-state index >= 15 is 0 Å². The molecule has 0 fully saturated rings. The van der Waals surface area contributed by atoms with Crippen molar-refractivity contribution in [2.45, 2.75) is 52.0 Å². The van der Waals surface area contributed by atoms with Crippen molar-refractivity contribution in [3.05, 3.63) is 18.2 Å². The Morgan fingerprint density at radius 2 is 2.19 bits per heavy atom. The number of rotatable bonds is 8. The molecule has 1 N–H and O–H groups in total. The Hall–Kier alpha value is -0.830. The third kappa shape index (κ3) is 4.35. The minimum Gasteiger partial charge on any atom is -0.338 e. The summed E-state index contributed by atoms with van der Waals surface area (Å²) in [7, 11) is 2.07. The quantitative estimate of drug-likeness (QED) is 0.734. The topological polar surface area (TPSA) is 29.9 Å². The first-order valence-electron chi connectivity index (χ1n) is 6.47. The van der Waals surface area contributed by atoms with Gasteiger partial charge in [0.1, 0.15) is 5.82 Å². The largest absolute Gasteiger partial charge is 0.338 e. The summed E-state index contributed by atoms with van der Waals surface area (Å²) in [5.41, 5.74) is 0. The number of unbranched alkanes of at least 4 members (excludes halogenated alkanes) is 1. The monoisotopic (exact) mass is 223 g/mol. The molecular formula is C13H25N3. The van der Waals surface area contributed by atoms with Crippen LogP contribution >= 0.6 is 0 Å². The zero-order valence-corrected chi connectivity index (χ0v) is 10.9. The van der Waals surface area contributed by atoms with Crippen LogP contribution in [0.3, 0.4) is 0 Å². The number of aromatic nitrogens is 2. The van der Waals surface area contributed by atoms with Crippen LogP contribution in [0.15, 0.2) is 12.4 Å². The lowest BCUT2D eigenvalue weighted by molar-refractivity contribution is 0.444. The predicted octanol–water partition coefficient (Wildman–Crippen LogP) is 2.52. The fraction of sp³-hybridized carbons (Fsp3) is 0.769. The highest BCUT2D eigenvalue weighted by Crippen LogP contribution is 2.08. The first-order chi connectivity index (χ1) is 7.77. The zero-order chi connectivity index (χ0) is 11.8. The van der Waals surface area contributed by atoms with Crippen LogP contribution in [-0.2, 0) is 13.5 Å². The molecule has 1 unspecified atom stereocenters. The average molecular weight is 223 g/mol. The molecule has 3 heteroatoms. The van der Waals surface area contributed by atoms with E-state index in [1.807, 2.05) is 12.4 Å². The predicted molar refractivity (Wildman–Crippen MR) is 68.5 cm³/mol. The molecule has 0 aliphatic carbocycles. The van der Waals surface area contributed by atoms with Gasteiger partial charge in [0.15, 0.2) is 0 Å². The normalized spacial score (nSPS) is 12.9. The number of hydrogen-bond acceptors (Lipinski definition) is 2. The average Bonchev–Trinajstić information content (AvgIpc) is 2.68. The lowest BCUT2D eigenvalue weighted by Crippen LogP contribution is -2.29. The molecule has 1 rings (SSSR count). The fourth-order valence-electron chi connectivity index (χ4n) is 2.03. The maximum absolute atomic E-state index is 4.36. The van der Waals surface area contributed by atoms with Crippen LogP contribution in [0.2, 0.25) is 0 Å².